The second-order valence-corrected chi connectivity index (χ2v) is 6.70. The van der Waals surface area contributed by atoms with E-state index >= 15 is 0 Å². The molecule has 0 radical (unpaired) electrons. The second-order valence-electron chi connectivity index (χ2n) is 6.70. The van der Waals surface area contributed by atoms with Gasteiger partial charge < -0.3 is 4.90 Å². The molecule has 6 heteroatoms. The molecule has 128 valence electrons. The van der Waals surface area contributed by atoms with E-state index in [0.29, 0.717) is 18.5 Å². The van der Waals surface area contributed by atoms with Gasteiger partial charge in [-0.1, -0.05) is 6.07 Å². The minimum absolute atomic E-state index is 0.0163. The molecule has 1 aliphatic carbocycles. The van der Waals surface area contributed by atoms with Crippen LogP contribution in [-0.2, 0) is 18.4 Å². The van der Waals surface area contributed by atoms with Gasteiger partial charge in [0.05, 0.1) is 6.20 Å². The van der Waals surface area contributed by atoms with Gasteiger partial charge in [0.25, 0.3) is 0 Å². The van der Waals surface area contributed by atoms with Crippen molar-refractivity contribution < 1.29 is 13.6 Å². The lowest BCUT2D eigenvalue weighted by Gasteiger charge is -2.26. The largest absolute Gasteiger partial charge is 0.336 e. The maximum absolute atomic E-state index is 13.9. The van der Waals surface area contributed by atoms with Crippen molar-refractivity contribution in [3.63, 3.8) is 0 Å². The van der Waals surface area contributed by atoms with E-state index in [0.717, 1.165) is 11.6 Å². The van der Waals surface area contributed by atoms with Crippen molar-refractivity contribution in [2.24, 2.45) is 13.0 Å². The average molecular weight is 333 g/mol. The van der Waals surface area contributed by atoms with Crippen LogP contribution < -0.4 is 0 Å². The van der Waals surface area contributed by atoms with Gasteiger partial charge in [-0.05, 0) is 37.8 Å². The van der Waals surface area contributed by atoms with Crippen molar-refractivity contribution in [3.8, 4) is 0 Å². The third-order valence-electron chi connectivity index (χ3n) is 4.49. The Morgan fingerprint density at radius 3 is 2.75 bits per heavy atom. The molecular formula is C18H21F2N3O. The fourth-order valence-corrected chi connectivity index (χ4v) is 3.09. The number of halogens is 2. The van der Waals surface area contributed by atoms with Gasteiger partial charge in [0, 0.05) is 43.4 Å². The number of benzene rings is 1. The number of hydrogen-bond acceptors (Lipinski definition) is 2. The molecule has 1 aromatic heterocycles. The number of hydrogen-bond donors (Lipinski definition) is 0. The summed E-state index contributed by atoms with van der Waals surface area (Å²) >= 11 is 0. The molecule has 2 aromatic rings. The van der Waals surface area contributed by atoms with E-state index in [1.165, 1.54) is 12.1 Å². The maximum atomic E-state index is 13.9. The number of rotatable bonds is 5. The van der Waals surface area contributed by atoms with Crippen molar-refractivity contribution in [2.45, 2.75) is 38.8 Å². The number of nitrogens with zero attached hydrogens (tertiary/aromatic N) is 3. The van der Waals surface area contributed by atoms with Crippen LogP contribution in [0.3, 0.4) is 0 Å². The zero-order chi connectivity index (χ0) is 17.4. The molecule has 1 heterocycles. The summed E-state index contributed by atoms with van der Waals surface area (Å²) in [6.07, 6.45) is 4.23. The van der Waals surface area contributed by atoms with Gasteiger partial charge in [0.15, 0.2) is 0 Å². The highest BCUT2D eigenvalue weighted by Gasteiger charge is 2.47. The van der Waals surface area contributed by atoms with Crippen LogP contribution in [0.25, 0.3) is 0 Å². The molecule has 3 rings (SSSR count). The molecule has 4 nitrogen and oxygen atoms in total. The molecule has 0 N–H and O–H groups in total. The predicted octanol–water partition coefficient (Wildman–Crippen LogP) is 3.24. The van der Waals surface area contributed by atoms with Crippen molar-refractivity contribution in [1.82, 2.24) is 14.7 Å². The molecule has 0 spiro atoms. The first-order chi connectivity index (χ1) is 11.4. The van der Waals surface area contributed by atoms with E-state index in [1.807, 2.05) is 27.1 Å². The Hall–Kier alpha value is -2.24. The van der Waals surface area contributed by atoms with Crippen molar-refractivity contribution in [1.29, 1.82) is 0 Å². The molecular weight excluding hydrogens is 312 g/mol. The van der Waals surface area contributed by atoms with Crippen LogP contribution in [0.5, 0.6) is 0 Å². The summed E-state index contributed by atoms with van der Waals surface area (Å²) in [4.78, 5) is 14.6. The zero-order valence-electron chi connectivity index (χ0n) is 14.0. The molecule has 0 bridgehead atoms. The summed E-state index contributed by atoms with van der Waals surface area (Å²) in [5.74, 6) is -1.54. The summed E-state index contributed by atoms with van der Waals surface area (Å²) in [5, 5.41) is 4.12. The summed E-state index contributed by atoms with van der Waals surface area (Å²) < 4.78 is 28.7. The van der Waals surface area contributed by atoms with Gasteiger partial charge in [-0.3, -0.25) is 9.48 Å². The smallest absolute Gasteiger partial charge is 0.226 e. The number of carbonyl (C=O) groups is 1. The Labute approximate surface area is 140 Å². The van der Waals surface area contributed by atoms with E-state index in [-0.39, 0.29) is 23.8 Å². The molecule has 24 heavy (non-hydrogen) atoms. The highest BCUT2D eigenvalue weighted by Crippen LogP contribution is 2.49. The van der Waals surface area contributed by atoms with Crippen LogP contribution in [0.4, 0.5) is 8.78 Å². The van der Waals surface area contributed by atoms with Crippen LogP contribution in [0, 0.1) is 17.6 Å². The lowest BCUT2D eigenvalue weighted by atomic mass is 10.1. The first kappa shape index (κ1) is 16.6. The minimum Gasteiger partial charge on any atom is -0.336 e. The summed E-state index contributed by atoms with van der Waals surface area (Å²) in [6.45, 7) is 4.41. The van der Waals surface area contributed by atoms with E-state index < -0.39 is 11.6 Å². The molecule has 0 saturated heterocycles. The Balaban J connectivity index is 1.72. The highest BCUT2D eigenvalue weighted by molar-refractivity contribution is 5.83. The van der Waals surface area contributed by atoms with E-state index in [1.54, 1.807) is 15.8 Å². The topological polar surface area (TPSA) is 38.1 Å². The van der Waals surface area contributed by atoms with Crippen molar-refractivity contribution >= 4 is 5.91 Å². The molecule has 1 aromatic carbocycles. The van der Waals surface area contributed by atoms with Crippen molar-refractivity contribution in [3.05, 3.63) is 53.4 Å². The van der Waals surface area contributed by atoms with E-state index in [4.69, 9.17) is 0 Å². The van der Waals surface area contributed by atoms with Gasteiger partial charge in [0.1, 0.15) is 11.6 Å². The van der Waals surface area contributed by atoms with Gasteiger partial charge >= 0.3 is 0 Å². The van der Waals surface area contributed by atoms with E-state index in [9.17, 15) is 13.6 Å². The van der Waals surface area contributed by atoms with Crippen LogP contribution in [0.15, 0.2) is 30.6 Å². The normalized spacial score (nSPS) is 19.6. The maximum Gasteiger partial charge on any atom is 0.226 e. The summed E-state index contributed by atoms with van der Waals surface area (Å²) in [7, 11) is 1.83. The lowest BCUT2D eigenvalue weighted by molar-refractivity contribution is -0.135. The molecule has 1 saturated carbocycles. The fraction of sp³-hybridized carbons (Fsp3) is 0.444. The number of aryl methyl sites for hydroxylation is 1. The number of carbonyl (C=O) groups excluding carboxylic acids is 1. The van der Waals surface area contributed by atoms with Gasteiger partial charge in [-0.2, -0.15) is 5.10 Å². The summed E-state index contributed by atoms with van der Waals surface area (Å²) in [6, 6.07) is 3.61. The van der Waals surface area contributed by atoms with Gasteiger partial charge in [0.2, 0.25) is 5.91 Å². The number of aromatic nitrogens is 2. The first-order valence-corrected chi connectivity index (χ1v) is 8.09. The Kier molecular flexibility index (Phi) is 4.39. The molecule has 1 amide bonds. The van der Waals surface area contributed by atoms with Crippen molar-refractivity contribution in [2.75, 3.05) is 0 Å². The van der Waals surface area contributed by atoms with Crippen LogP contribution in [0.2, 0.25) is 0 Å². The Bertz CT molecular complexity index is 756. The molecule has 0 unspecified atom stereocenters. The predicted molar refractivity (Wildman–Crippen MR) is 86.1 cm³/mol. The fourth-order valence-electron chi connectivity index (χ4n) is 3.09. The zero-order valence-corrected chi connectivity index (χ0v) is 14.0. The van der Waals surface area contributed by atoms with Gasteiger partial charge in [-0.25, -0.2) is 8.78 Å². The molecule has 1 aliphatic rings. The number of amides is 1. The highest BCUT2D eigenvalue weighted by atomic mass is 19.1. The summed E-state index contributed by atoms with van der Waals surface area (Å²) in [5.41, 5.74) is 1.39. The minimum atomic E-state index is -0.597. The lowest BCUT2D eigenvalue weighted by Crippen LogP contribution is -2.37. The van der Waals surface area contributed by atoms with E-state index in [2.05, 4.69) is 5.10 Å². The third-order valence-corrected chi connectivity index (χ3v) is 4.49. The van der Waals surface area contributed by atoms with Crippen LogP contribution in [0.1, 0.15) is 37.3 Å². The Morgan fingerprint density at radius 1 is 1.42 bits per heavy atom. The Morgan fingerprint density at radius 2 is 2.17 bits per heavy atom. The second kappa shape index (κ2) is 6.34. The SMILES string of the molecule is CC(C)N(Cc1cnn(C)c1)C(=O)[C@@H]1C[C@H]1c1ccc(F)cc1F. The molecule has 0 aliphatic heterocycles. The standard InChI is InChI=1S/C18H21F2N3O/c1-11(2)23(10-12-8-21-22(3)9-12)18(24)16-7-15(16)14-5-4-13(19)6-17(14)20/h4-6,8-9,11,15-16H,7,10H2,1-3H3/t15-,16+/m0/s1. The van der Waals surface area contributed by atoms with Gasteiger partial charge in [-0.15, -0.1) is 0 Å². The van der Waals surface area contributed by atoms with Crippen LogP contribution in [-0.4, -0.2) is 26.6 Å². The first-order valence-electron chi connectivity index (χ1n) is 8.09. The molecule has 1 fully saturated rings. The monoisotopic (exact) mass is 333 g/mol. The quantitative estimate of drug-likeness (QED) is 0.842. The third kappa shape index (κ3) is 3.32. The molecule has 2 atom stereocenters. The average Bonchev–Trinajstić information content (AvgIpc) is 3.19. The van der Waals surface area contributed by atoms with Crippen LogP contribution >= 0.6 is 0 Å².